The zero-order valence-electron chi connectivity index (χ0n) is 9.95. The van der Waals surface area contributed by atoms with E-state index >= 15 is 0 Å². The van der Waals surface area contributed by atoms with Crippen molar-refractivity contribution in [2.45, 2.75) is 0 Å². The summed E-state index contributed by atoms with van der Waals surface area (Å²) in [7, 11) is 0. The van der Waals surface area contributed by atoms with Gasteiger partial charge in [0.15, 0.2) is 0 Å². The van der Waals surface area contributed by atoms with Crippen molar-refractivity contribution < 1.29 is 4.79 Å². The first-order chi connectivity index (χ1) is 9.29. The van der Waals surface area contributed by atoms with Crippen LogP contribution in [0.15, 0.2) is 54.6 Å². The van der Waals surface area contributed by atoms with Gasteiger partial charge in [0.25, 0.3) is 5.91 Å². The lowest BCUT2D eigenvalue weighted by atomic mass is 10.1. The van der Waals surface area contributed by atoms with E-state index in [9.17, 15) is 4.79 Å². The normalized spacial score (nSPS) is 10.6. The van der Waals surface area contributed by atoms with Crippen LogP contribution < -0.4 is 5.32 Å². The lowest BCUT2D eigenvalue weighted by Crippen LogP contribution is -2.13. The second-order valence-corrected chi connectivity index (χ2v) is 3.65. The van der Waals surface area contributed by atoms with Crippen LogP contribution in [0.4, 0.5) is 5.69 Å². The van der Waals surface area contributed by atoms with E-state index in [1.807, 2.05) is 6.07 Å². The van der Waals surface area contributed by atoms with E-state index in [0.717, 1.165) is 5.56 Å². The highest BCUT2D eigenvalue weighted by molar-refractivity contribution is 6.09. The summed E-state index contributed by atoms with van der Waals surface area (Å²) in [6.45, 7) is 0. The van der Waals surface area contributed by atoms with Crippen LogP contribution in [-0.4, -0.2) is 15.9 Å². The van der Waals surface area contributed by atoms with Gasteiger partial charge in [-0.25, -0.2) is 0 Å². The van der Waals surface area contributed by atoms with Gasteiger partial charge in [0.1, 0.15) is 11.6 Å². The van der Waals surface area contributed by atoms with Crippen LogP contribution in [0.2, 0.25) is 0 Å². The number of carbonyl (C=O) groups excluding carboxylic acids is 1. The second kappa shape index (κ2) is 6.07. The van der Waals surface area contributed by atoms with Crippen molar-refractivity contribution in [1.29, 1.82) is 5.26 Å². The Labute approximate surface area is 110 Å². The molecule has 0 radical (unpaired) electrons. The molecule has 0 unspecified atom stereocenters. The molecule has 5 heteroatoms. The van der Waals surface area contributed by atoms with Crippen molar-refractivity contribution in [3.05, 3.63) is 60.2 Å². The molecule has 5 nitrogen and oxygen atoms in total. The Kier molecular flexibility index (Phi) is 3.98. The summed E-state index contributed by atoms with van der Waals surface area (Å²) in [5, 5.41) is 11.6. The van der Waals surface area contributed by atoms with Gasteiger partial charge in [-0.15, -0.1) is 0 Å². The third-order valence-electron chi connectivity index (χ3n) is 2.30. The highest BCUT2D eigenvalue weighted by Gasteiger charge is 2.09. The Morgan fingerprint density at radius 3 is 2.63 bits per heavy atom. The number of carbonyl (C=O) groups is 1. The van der Waals surface area contributed by atoms with Crippen LogP contribution in [0.25, 0.3) is 6.08 Å². The molecule has 1 amide bonds. The summed E-state index contributed by atoms with van der Waals surface area (Å²) in [6.07, 6.45) is 7.82. The van der Waals surface area contributed by atoms with Crippen molar-refractivity contribution in [3.8, 4) is 6.07 Å². The summed E-state index contributed by atoms with van der Waals surface area (Å²) in [4.78, 5) is 19.7. The molecule has 2 heterocycles. The van der Waals surface area contributed by atoms with Gasteiger partial charge in [-0.3, -0.25) is 14.8 Å². The van der Waals surface area contributed by atoms with E-state index in [4.69, 9.17) is 5.26 Å². The number of anilines is 1. The van der Waals surface area contributed by atoms with Crippen molar-refractivity contribution >= 4 is 17.7 Å². The highest BCUT2D eigenvalue weighted by Crippen LogP contribution is 2.09. The summed E-state index contributed by atoms with van der Waals surface area (Å²) in [5.74, 6) is -0.465. The minimum atomic E-state index is -0.465. The number of hydrogen-bond donors (Lipinski definition) is 1. The molecule has 0 spiro atoms. The van der Waals surface area contributed by atoms with Crippen LogP contribution in [0.1, 0.15) is 5.56 Å². The quantitative estimate of drug-likeness (QED) is 0.667. The van der Waals surface area contributed by atoms with Gasteiger partial charge in [-0.05, 0) is 35.9 Å². The summed E-state index contributed by atoms with van der Waals surface area (Å²) >= 11 is 0. The first-order valence-corrected chi connectivity index (χ1v) is 5.53. The zero-order chi connectivity index (χ0) is 13.5. The van der Waals surface area contributed by atoms with Gasteiger partial charge in [0.2, 0.25) is 0 Å². The predicted molar refractivity (Wildman–Crippen MR) is 70.7 cm³/mol. The fraction of sp³-hybridized carbons (Fsp3) is 0. The molecule has 0 fully saturated rings. The average molecular weight is 250 g/mol. The molecule has 0 aliphatic carbocycles. The maximum atomic E-state index is 11.9. The molecule has 0 bridgehead atoms. The third kappa shape index (κ3) is 3.48. The van der Waals surface area contributed by atoms with E-state index < -0.39 is 5.91 Å². The molecule has 2 rings (SSSR count). The summed E-state index contributed by atoms with van der Waals surface area (Å²) < 4.78 is 0. The summed E-state index contributed by atoms with van der Waals surface area (Å²) in [6, 6.07) is 8.72. The second-order valence-electron chi connectivity index (χ2n) is 3.65. The number of rotatable bonds is 3. The Balaban J connectivity index is 2.17. The van der Waals surface area contributed by atoms with Crippen molar-refractivity contribution in [2.24, 2.45) is 0 Å². The number of nitrogens with zero attached hydrogens (tertiary/aromatic N) is 3. The van der Waals surface area contributed by atoms with Gasteiger partial charge in [0.05, 0.1) is 11.9 Å². The fourth-order valence-electron chi connectivity index (χ4n) is 1.41. The molecule has 2 aromatic heterocycles. The SMILES string of the molecule is N#C/C(=C\c1ccncc1)C(=O)Nc1cccnc1. The van der Waals surface area contributed by atoms with Crippen molar-refractivity contribution in [2.75, 3.05) is 5.32 Å². The van der Waals surface area contributed by atoms with Gasteiger partial charge >= 0.3 is 0 Å². The first kappa shape index (κ1) is 12.5. The molecule has 2 aromatic rings. The largest absolute Gasteiger partial charge is 0.320 e. The van der Waals surface area contributed by atoms with E-state index in [-0.39, 0.29) is 5.57 Å². The van der Waals surface area contributed by atoms with Gasteiger partial charge in [0, 0.05) is 18.6 Å². The Morgan fingerprint density at radius 2 is 2.00 bits per heavy atom. The lowest BCUT2D eigenvalue weighted by Gasteiger charge is -2.03. The molecule has 0 aliphatic rings. The molecular weight excluding hydrogens is 240 g/mol. The van der Waals surface area contributed by atoms with Crippen molar-refractivity contribution in [1.82, 2.24) is 9.97 Å². The predicted octanol–water partition coefficient (Wildman–Crippen LogP) is 2.02. The van der Waals surface area contributed by atoms with Crippen LogP contribution in [0.5, 0.6) is 0 Å². The molecule has 0 aromatic carbocycles. The molecule has 19 heavy (non-hydrogen) atoms. The van der Waals surface area contributed by atoms with Gasteiger partial charge in [-0.1, -0.05) is 0 Å². The van der Waals surface area contributed by atoms with E-state index in [1.54, 1.807) is 42.9 Å². The minimum Gasteiger partial charge on any atom is -0.320 e. The van der Waals surface area contributed by atoms with E-state index in [2.05, 4.69) is 15.3 Å². The van der Waals surface area contributed by atoms with Gasteiger partial charge in [-0.2, -0.15) is 5.26 Å². The van der Waals surface area contributed by atoms with Crippen LogP contribution >= 0.6 is 0 Å². The molecular formula is C14H10N4O. The van der Waals surface area contributed by atoms with Crippen molar-refractivity contribution in [3.63, 3.8) is 0 Å². The number of pyridine rings is 2. The molecule has 92 valence electrons. The van der Waals surface area contributed by atoms with E-state index in [1.165, 1.54) is 12.3 Å². The maximum absolute atomic E-state index is 11.9. The topological polar surface area (TPSA) is 78.7 Å². The van der Waals surface area contributed by atoms with E-state index in [0.29, 0.717) is 5.69 Å². The zero-order valence-corrected chi connectivity index (χ0v) is 9.95. The third-order valence-corrected chi connectivity index (χ3v) is 2.30. The number of nitriles is 1. The molecule has 0 saturated carbocycles. The fourth-order valence-corrected chi connectivity index (χ4v) is 1.41. The molecule has 0 atom stereocenters. The Hall–Kier alpha value is -3.00. The first-order valence-electron chi connectivity index (χ1n) is 5.53. The van der Waals surface area contributed by atoms with Crippen LogP contribution in [0, 0.1) is 11.3 Å². The number of hydrogen-bond acceptors (Lipinski definition) is 4. The minimum absolute atomic E-state index is 0.0232. The average Bonchev–Trinajstić information content (AvgIpc) is 2.47. The molecule has 1 N–H and O–H groups in total. The number of nitrogens with one attached hydrogen (secondary N) is 1. The molecule has 0 aliphatic heterocycles. The standard InChI is InChI=1S/C14H10N4O/c15-9-12(8-11-3-6-16-7-4-11)14(19)18-13-2-1-5-17-10-13/h1-8,10H,(H,18,19)/b12-8+. The highest BCUT2D eigenvalue weighted by atomic mass is 16.1. The Bertz CT molecular complexity index is 630. The summed E-state index contributed by atoms with van der Waals surface area (Å²) in [5.41, 5.74) is 1.31. The number of amides is 1. The molecule has 0 saturated heterocycles. The van der Waals surface area contributed by atoms with Gasteiger partial charge < -0.3 is 5.32 Å². The van der Waals surface area contributed by atoms with Crippen LogP contribution in [-0.2, 0) is 4.79 Å². The smallest absolute Gasteiger partial charge is 0.266 e. The monoisotopic (exact) mass is 250 g/mol. The Morgan fingerprint density at radius 1 is 1.21 bits per heavy atom. The number of aromatic nitrogens is 2. The van der Waals surface area contributed by atoms with Crippen LogP contribution in [0.3, 0.4) is 0 Å². The maximum Gasteiger partial charge on any atom is 0.266 e. The lowest BCUT2D eigenvalue weighted by molar-refractivity contribution is -0.112.